The highest BCUT2D eigenvalue weighted by atomic mass is 16.4. The number of β-amino-alcohol motifs (C(OH)–C–C–N with tert-alkyl or cyclic N) is 1. The van der Waals surface area contributed by atoms with E-state index in [1.54, 1.807) is 6.07 Å². The minimum atomic E-state index is -1.10. The molecular weight excluding hydrogens is 260 g/mol. The first kappa shape index (κ1) is 14.3. The normalized spacial score (nSPS) is 21.9. The van der Waals surface area contributed by atoms with E-state index in [9.17, 15) is 14.7 Å². The van der Waals surface area contributed by atoms with Crippen molar-refractivity contribution in [2.45, 2.75) is 32.4 Å². The number of urea groups is 1. The number of carboxylic acid groups (broad SMARTS) is 1. The maximum atomic E-state index is 12.2. The van der Waals surface area contributed by atoms with E-state index in [4.69, 9.17) is 5.11 Å². The molecule has 108 valence electrons. The highest BCUT2D eigenvalue weighted by Gasteiger charge is 2.39. The Morgan fingerprint density at radius 3 is 2.70 bits per heavy atom. The standard InChI is InChI=1S/C14H18N2O4/c1-8-4-3-5-11(9(8)2)15-14(20)16-7-10(17)6-12(16)13(18)19/h3-5,10,12,17H,6-7H2,1-2H3,(H,15,20)(H,18,19)/t10?,12-/m0/s1. The number of rotatable bonds is 2. The van der Waals surface area contributed by atoms with Crippen molar-refractivity contribution in [3.05, 3.63) is 29.3 Å². The predicted molar refractivity (Wildman–Crippen MR) is 73.7 cm³/mol. The summed E-state index contributed by atoms with van der Waals surface area (Å²) in [6.07, 6.45) is -0.726. The van der Waals surface area contributed by atoms with Crippen molar-refractivity contribution < 1.29 is 19.8 Å². The van der Waals surface area contributed by atoms with E-state index in [-0.39, 0.29) is 13.0 Å². The van der Waals surface area contributed by atoms with E-state index in [0.29, 0.717) is 5.69 Å². The number of aliphatic carboxylic acids is 1. The van der Waals surface area contributed by atoms with E-state index in [1.807, 2.05) is 26.0 Å². The van der Waals surface area contributed by atoms with Gasteiger partial charge in [-0.1, -0.05) is 12.1 Å². The average molecular weight is 278 g/mol. The second kappa shape index (κ2) is 5.50. The summed E-state index contributed by atoms with van der Waals surface area (Å²) < 4.78 is 0. The van der Waals surface area contributed by atoms with E-state index in [1.165, 1.54) is 0 Å². The summed E-state index contributed by atoms with van der Waals surface area (Å²) in [5.41, 5.74) is 2.63. The van der Waals surface area contributed by atoms with Gasteiger partial charge < -0.3 is 20.4 Å². The maximum Gasteiger partial charge on any atom is 0.326 e. The van der Waals surface area contributed by atoms with Gasteiger partial charge in [-0.2, -0.15) is 0 Å². The molecule has 1 unspecified atom stereocenters. The second-order valence-corrected chi connectivity index (χ2v) is 5.07. The van der Waals surface area contributed by atoms with E-state index >= 15 is 0 Å². The number of aliphatic hydroxyl groups excluding tert-OH is 1. The molecule has 2 amide bonds. The highest BCUT2D eigenvalue weighted by Crippen LogP contribution is 2.22. The van der Waals surface area contributed by atoms with Crippen molar-refractivity contribution in [3.8, 4) is 0 Å². The van der Waals surface area contributed by atoms with Crippen LogP contribution in [0, 0.1) is 13.8 Å². The molecule has 6 heteroatoms. The summed E-state index contributed by atoms with van der Waals surface area (Å²) in [5.74, 6) is -1.10. The summed E-state index contributed by atoms with van der Waals surface area (Å²) in [4.78, 5) is 24.4. The third-order valence-electron chi connectivity index (χ3n) is 3.67. The third-order valence-corrected chi connectivity index (χ3v) is 3.67. The topological polar surface area (TPSA) is 89.9 Å². The molecule has 3 N–H and O–H groups in total. The van der Waals surface area contributed by atoms with Crippen LogP contribution in [0.5, 0.6) is 0 Å². The van der Waals surface area contributed by atoms with Gasteiger partial charge in [0.15, 0.2) is 0 Å². The summed E-state index contributed by atoms with van der Waals surface area (Å²) >= 11 is 0. The average Bonchev–Trinajstić information content (AvgIpc) is 2.77. The SMILES string of the molecule is Cc1cccc(NC(=O)N2CC(O)C[C@H]2C(=O)O)c1C. The number of anilines is 1. The lowest BCUT2D eigenvalue weighted by molar-refractivity contribution is -0.141. The molecule has 1 fully saturated rings. The Morgan fingerprint density at radius 1 is 1.35 bits per heavy atom. The van der Waals surface area contributed by atoms with Gasteiger partial charge in [0.1, 0.15) is 6.04 Å². The molecule has 1 heterocycles. The summed E-state index contributed by atoms with van der Waals surface area (Å²) in [6, 6.07) is 4.05. The quantitative estimate of drug-likeness (QED) is 0.762. The van der Waals surface area contributed by atoms with Crippen molar-refractivity contribution in [1.29, 1.82) is 0 Å². The zero-order valence-electron chi connectivity index (χ0n) is 11.5. The smallest absolute Gasteiger partial charge is 0.326 e. The first-order valence-corrected chi connectivity index (χ1v) is 6.45. The number of nitrogens with one attached hydrogen (secondary N) is 1. The van der Waals surface area contributed by atoms with Crippen molar-refractivity contribution in [3.63, 3.8) is 0 Å². The molecule has 0 saturated carbocycles. The highest BCUT2D eigenvalue weighted by molar-refractivity contribution is 5.93. The molecule has 1 saturated heterocycles. The van der Waals surface area contributed by atoms with Crippen LogP contribution in [0.25, 0.3) is 0 Å². The van der Waals surface area contributed by atoms with Gasteiger partial charge in [0.25, 0.3) is 0 Å². The molecule has 0 bridgehead atoms. The van der Waals surface area contributed by atoms with Gasteiger partial charge in [-0.25, -0.2) is 9.59 Å². The number of aliphatic hydroxyl groups is 1. The Kier molecular flexibility index (Phi) is 3.94. The maximum absolute atomic E-state index is 12.2. The number of amides is 2. The third kappa shape index (κ3) is 2.75. The number of benzene rings is 1. The molecule has 2 atom stereocenters. The Labute approximate surface area is 117 Å². The van der Waals surface area contributed by atoms with Crippen LogP contribution in [0.4, 0.5) is 10.5 Å². The number of hydrogen-bond donors (Lipinski definition) is 3. The van der Waals surface area contributed by atoms with Crippen LogP contribution in [-0.4, -0.2) is 45.8 Å². The molecule has 20 heavy (non-hydrogen) atoms. The lowest BCUT2D eigenvalue weighted by atomic mass is 10.1. The predicted octanol–water partition coefficient (Wildman–Crippen LogP) is 1.36. The van der Waals surface area contributed by atoms with Crippen molar-refractivity contribution in [1.82, 2.24) is 4.90 Å². The molecule has 1 aliphatic rings. The summed E-state index contributed by atoms with van der Waals surface area (Å²) in [5, 5.41) is 21.3. The number of aryl methyl sites for hydroxylation is 1. The van der Waals surface area contributed by atoms with Gasteiger partial charge in [0.05, 0.1) is 6.10 Å². The molecule has 1 aromatic carbocycles. The van der Waals surface area contributed by atoms with Gasteiger partial charge in [-0.05, 0) is 31.0 Å². The largest absolute Gasteiger partial charge is 0.480 e. The molecular formula is C14H18N2O4. The molecule has 0 radical (unpaired) electrons. The fraction of sp³-hybridized carbons (Fsp3) is 0.429. The Balaban J connectivity index is 2.15. The minimum absolute atomic E-state index is 0.0354. The number of carbonyl (C=O) groups excluding carboxylic acids is 1. The van der Waals surface area contributed by atoms with E-state index in [2.05, 4.69) is 5.32 Å². The van der Waals surface area contributed by atoms with E-state index in [0.717, 1.165) is 16.0 Å². The molecule has 2 rings (SSSR count). The first-order valence-electron chi connectivity index (χ1n) is 6.45. The van der Waals surface area contributed by atoms with Crippen LogP contribution >= 0.6 is 0 Å². The zero-order valence-corrected chi connectivity index (χ0v) is 11.5. The lowest BCUT2D eigenvalue weighted by Crippen LogP contribution is -2.43. The molecule has 0 aliphatic carbocycles. The fourth-order valence-electron chi connectivity index (χ4n) is 2.35. The number of carbonyl (C=O) groups is 2. The van der Waals surface area contributed by atoms with Crippen LogP contribution < -0.4 is 5.32 Å². The number of carboxylic acids is 1. The van der Waals surface area contributed by atoms with Gasteiger partial charge in [-0.3, -0.25) is 0 Å². The molecule has 1 aliphatic heterocycles. The van der Waals surface area contributed by atoms with Gasteiger partial charge in [0.2, 0.25) is 0 Å². The number of hydrogen-bond acceptors (Lipinski definition) is 3. The summed E-state index contributed by atoms with van der Waals surface area (Å²) in [6.45, 7) is 3.86. The van der Waals surface area contributed by atoms with Gasteiger partial charge in [-0.15, -0.1) is 0 Å². The zero-order chi connectivity index (χ0) is 14.9. The number of nitrogens with zero attached hydrogens (tertiary/aromatic N) is 1. The first-order chi connectivity index (χ1) is 9.40. The number of likely N-dealkylation sites (tertiary alicyclic amines) is 1. The Morgan fingerprint density at radius 2 is 2.05 bits per heavy atom. The summed E-state index contributed by atoms with van der Waals surface area (Å²) in [7, 11) is 0. The molecule has 0 aromatic heterocycles. The van der Waals surface area contributed by atoms with Gasteiger partial charge >= 0.3 is 12.0 Å². The Bertz CT molecular complexity index is 544. The van der Waals surface area contributed by atoms with Crippen LogP contribution in [0.15, 0.2) is 18.2 Å². The van der Waals surface area contributed by atoms with E-state index < -0.39 is 24.1 Å². The van der Waals surface area contributed by atoms with Crippen LogP contribution in [0.2, 0.25) is 0 Å². The molecule has 1 aromatic rings. The monoisotopic (exact) mass is 278 g/mol. The van der Waals surface area contributed by atoms with Crippen LogP contribution in [0.3, 0.4) is 0 Å². The van der Waals surface area contributed by atoms with Gasteiger partial charge in [0, 0.05) is 18.7 Å². The Hall–Kier alpha value is -2.08. The van der Waals surface area contributed by atoms with Crippen molar-refractivity contribution in [2.75, 3.05) is 11.9 Å². The van der Waals surface area contributed by atoms with Crippen LogP contribution in [-0.2, 0) is 4.79 Å². The fourth-order valence-corrected chi connectivity index (χ4v) is 2.35. The molecule has 0 spiro atoms. The van der Waals surface area contributed by atoms with Crippen molar-refractivity contribution >= 4 is 17.7 Å². The minimum Gasteiger partial charge on any atom is -0.480 e. The van der Waals surface area contributed by atoms with Crippen LogP contribution in [0.1, 0.15) is 17.5 Å². The lowest BCUT2D eigenvalue weighted by Gasteiger charge is -2.22. The van der Waals surface area contributed by atoms with Crippen molar-refractivity contribution in [2.24, 2.45) is 0 Å². The molecule has 6 nitrogen and oxygen atoms in total. The second-order valence-electron chi connectivity index (χ2n) is 5.07.